The zero-order chi connectivity index (χ0) is 13.4. The lowest BCUT2D eigenvalue weighted by atomic mass is 10.1. The third kappa shape index (κ3) is 1.88. The first-order valence-electron chi connectivity index (χ1n) is 6.60. The SMILES string of the molecule is Cc1nnc(N2CCc3ccccc32)c(CN)c1C. The van der Waals surface area contributed by atoms with Crippen molar-refractivity contribution >= 4 is 11.5 Å². The van der Waals surface area contributed by atoms with Crippen molar-refractivity contribution < 1.29 is 0 Å². The van der Waals surface area contributed by atoms with Gasteiger partial charge in [-0.1, -0.05) is 18.2 Å². The van der Waals surface area contributed by atoms with Gasteiger partial charge in [-0.05, 0) is 37.5 Å². The van der Waals surface area contributed by atoms with Crippen molar-refractivity contribution in [1.29, 1.82) is 0 Å². The summed E-state index contributed by atoms with van der Waals surface area (Å²) >= 11 is 0. The lowest BCUT2D eigenvalue weighted by molar-refractivity contribution is 0.863. The fourth-order valence-corrected chi connectivity index (χ4v) is 2.66. The number of para-hydroxylation sites is 1. The molecule has 0 radical (unpaired) electrons. The number of nitrogens with zero attached hydrogens (tertiary/aromatic N) is 3. The molecule has 4 heteroatoms. The van der Waals surface area contributed by atoms with E-state index >= 15 is 0 Å². The molecule has 4 nitrogen and oxygen atoms in total. The molecule has 0 amide bonds. The molecule has 0 saturated carbocycles. The van der Waals surface area contributed by atoms with Crippen LogP contribution < -0.4 is 10.6 Å². The maximum absolute atomic E-state index is 5.91. The summed E-state index contributed by atoms with van der Waals surface area (Å²) in [6, 6.07) is 8.46. The van der Waals surface area contributed by atoms with Gasteiger partial charge in [0, 0.05) is 24.3 Å². The molecule has 0 atom stereocenters. The second kappa shape index (κ2) is 4.63. The second-order valence-electron chi connectivity index (χ2n) is 4.95. The molecule has 1 aliphatic rings. The predicted molar refractivity (Wildman–Crippen MR) is 76.5 cm³/mol. The molecule has 2 aromatic rings. The first-order valence-corrected chi connectivity index (χ1v) is 6.60. The van der Waals surface area contributed by atoms with Crippen molar-refractivity contribution in [2.24, 2.45) is 5.73 Å². The van der Waals surface area contributed by atoms with Gasteiger partial charge in [-0.25, -0.2) is 0 Å². The predicted octanol–water partition coefficient (Wildman–Crippen LogP) is 2.25. The fraction of sp³-hybridized carbons (Fsp3) is 0.333. The molecule has 1 aromatic carbocycles. The lowest BCUT2D eigenvalue weighted by Gasteiger charge is -2.22. The largest absolute Gasteiger partial charge is 0.326 e. The molecule has 2 heterocycles. The zero-order valence-electron chi connectivity index (χ0n) is 11.3. The van der Waals surface area contributed by atoms with Gasteiger partial charge in [0.1, 0.15) is 0 Å². The van der Waals surface area contributed by atoms with Crippen molar-refractivity contribution in [1.82, 2.24) is 10.2 Å². The molecule has 1 aliphatic heterocycles. The van der Waals surface area contributed by atoms with Gasteiger partial charge in [0.15, 0.2) is 5.82 Å². The number of aromatic nitrogens is 2. The number of hydrogen-bond acceptors (Lipinski definition) is 4. The number of fused-ring (bicyclic) bond motifs is 1. The lowest BCUT2D eigenvalue weighted by Crippen LogP contribution is -2.20. The van der Waals surface area contributed by atoms with Crippen LogP contribution in [-0.2, 0) is 13.0 Å². The topological polar surface area (TPSA) is 55.0 Å². The van der Waals surface area contributed by atoms with Crippen molar-refractivity contribution in [3.05, 3.63) is 46.6 Å². The molecule has 3 rings (SSSR count). The van der Waals surface area contributed by atoms with Crippen LogP contribution in [0.15, 0.2) is 24.3 Å². The Hall–Kier alpha value is -1.94. The minimum Gasteiger partial charge on any atom is -0.326 e. The van der Waals surface area contributed by atoms with Crippen LogP contribution in [0.4, 0.5) is 11.5 Å². The van der Waals surface area contributed by atoms with E-state index in [1.807, 2.05) is 6.92 Å². The average Bonchev–Trinajstić information content (AvgIpc) is 2.85. The molecular weight excluding hydrogens is 236 g/mol. The highest BCUT2D eigenvalue weighted by Crippen LogP contribution is 2.35. The summed E-state index contributed by atoms with van der Waals surface area (Å²) < 4.78 is 0. The van der Waals surface area contributed by atoms with E-state index in [-0.39, 0.29) is 0 Å². The van der Waals surface area contributed by atoms with Crippen molar-refractivity contribution in [2.45, 2.75) is 26.8 Å². The average molecular weight is 254 g/mol. The van der Waals surface area contributed by atoms with E-state index in [2.05, 4.69) is 46.3 Å². The Labute approximate surface area is 113 Å². The number of hydrogen-bond donors (Lipinski definition) is 1. The number of rotatable bonds is 2. The summed E-state index contributed by atoms with van der Waals surface area (Å²) in [4.78, 5) is 2.23. The summed E-state index contributed by atoms with van der Waals surface area (Å²) in [5, 5.41) is 8.64. The molecule has 0 fully saturated rings. The van der Waals surface area contributed by atoms with E-state index in [4.69, 9.17) is 5.73 Å². The number of nitrogens with two attached hydrogens (primary N) is 1. The number of benzene rings is 1. The Bertz CT molecular complexity index is 622. The van der Waals surface area contributed by atoms with Gasteiger partial charge >= 0.3 is 0 Å². The minimum atomic E-state index is 0.496. The van der Waals surface area contributed by atoms with Crippen LogP contribution in [0.2, 0.25) is 0 Å². The van der Waals surface area contributed by atoms with E-state index in [9.17, 15) is 0 Å². The monoisotopic (exact) mass is 254 g/mol. The molecule has 1 aromatic heterocycles. The zero-order valence-corrected chi connectivity index (χ0v) is 11.3. The first kappa shape index (κ1) is 12.1. The molecule has 19 heavy (non-hydrogen) atoms. The van der Waals surface area contributed by atoms with E-state index in [1.54, 1.807) is 0 Å². The van der Waals surface area contributed by atoms with Gasteiger partial charge in [-0.2, -0.15) is 5.10 Å². The fourth-order valence-electron chi connectivity index (χ4n) is 2.66. The van der Waals surface area contributed by atoms with Gasteiger partial charge in [-0.3, -0.25) is 0 Å². The molecule has 0 saturated heterocycles. The Morgan fingerprint density at radius 3 is 2.79 bits per heavy atom. The van der Waals surface area contributed by atoms with E-state index in [0.29, 0.717) is 6.54 Å². The van der Waals surface area contributed by atoms with Gasteiger partial charge in [0.05, 0.1) is 5.69 Å². The van der Waals surface area contributed by atoms with E-state index in [0.717, 1.165) is 35.6 Å². The minimum absolute atomic E-state index is 0.496. The Morgan fingerprint density at radius 2 is 2.00 bits per heavy atom. The van der Waals surface area contributed by atoms with Crippen molar-refractivity contribution in [2.75, 3.05) is 11.4 Å². The summed E-state index contributed by atoms with van der Waals surface area (Å²) in [6.45, 7) is 5.49. The van der Waals surface area contributed by atoms with E-state index < -0.39 is 0 Å². The highest BCUT2D eigenvalue weighted by molar-refractivity contribution is 5.70. The summed E-state index contributed by atoms with van der Waals surface area (Å²) in [7, 11) is 0. The highest BCUT2D eigenvalue weighted by atomic mass is 15.3. The van der Waals surface area contributed by atoms with Gasteiger partial charge in [0.25, 0.3) is 0 Å². The first-order chi connectivity index (χ1) is 9.22. The Balaban J connectivity index is 2.12. The quantitative estimate of drug-likeness (QED) is 0.893. The molecule has 0 unspecified atom stereocenters. The number of anilines is 2. The van der Waals surface area contributed by atoms with Crippen molar-refractivity contribution in [3.8, 4) is 0 Å². The molecule has 0 spiro atoms. The van der Waals surface area contributed by atoms with E-state index in [1.165, 1.54) is 11.3 Å². The molecule has 98 valence electrons. The highest BCUT2D eigenvalue weighted by Gasteiger charge is 2.24. The molecular formula is C15H18N4. The Morgan fingerprint density at radius 1 is 1.21 bits per heavy atom. The molecule has 2 N–H and O–H groups in total. The molecule has 0 bridgehead atoms. The van der Waals surface area contributed by atoms with Crippen LogP contribution in [0, 0.1) is 13.8 Å². The number of aryl methyl sites for hydroxylation is 1. The third-order valence-corrected chi connectivity index (χ3v) is 3.91. The standard InChI is InChI=1S/C15H18N4/c1-10-11(2)17-18-15(13(10)9-16)19-8-7-12-5-3-4-6-14(12)19/h3-6H,7-9,16H2,1-2H3. The summed E-state index contributed by atoms with van der Waals surface area (Å²) in [5.41, 5.74) is 11.7. The second-order valence-corrected chi connectivity index (χ2v) is 4.95. The van der Waals surface area contributed by atoms with Crippen LogP contribution >= 0.6 is 0 Å². The van der Waals surface area contributed by atoms with Gasteiger partial charge in [-0.15, -0.1) is 5.10 Å². The van der Waals surface area contributed by atoms with Crippen molar-refractivity contribution in [3.63, 3.8) is 0 Å². The summed E-state index contributed by atoms with van der Waals surface area (Å²) in [6.07, 6.45) is 1.05. The van der Waals surface area contributed by atoms with Crippen LogP contribution in [-0.4, -0.2) is 16.7 Å². The van der Waals surface area contributed by atoms with Crippen LogP contribution in [0.5, 0.6) is 0 Å². The smallest absolute Gasteiger partial charge is 0.160 e. The van der Waals surface area contributed by atoms with Crippen LogP contribution in [0.3, 0.4) is 0 Å². The van der Waals surface area contributed by atoms with Crippen LogP contribution in [0.25, 0.3) is 0 Å². The van der Waals surface area contributed by atoms with Crippen LogP contribution in [0.1, 0.15) is 22.4 Å². The van der Waals surface area contributed by atoms with Gasteiger partial charge in [0.2, 0.25) is 0 Å². The molecule has 0 aliphatic carbocycles. The summed E-state index contributed by atoms with van der Waals surface area (Å²) in [5.74, 6) is 0.913. The normalized spacial score (nSPS) is 13.7. The third-order valence-electron chi connectivity index (χ3n) is 3.91. The maximum atomic E-state index is 5.91. The Kier molecular flexibility index (Phi) is 2.95. The maximum Gasteiger partial charge on any atom is 0.160 e. The van der Waals surface area contributed by atoms with Gasteiger partial charge < -0.3 is 10.6 Å².